The van der Waals surface area contributed by atoms with Gasteiger partial charge in [0.1, 0.15) is 5.82 Å². The van der Waals surface area contributed by atoms with Crippen LogP contribution in [0.4, 0.5) is 5.82 Å². The van der Waals surface area contributed by atoms with Gasteiger partial charge in [0.25, 0.3) is 0 Å². The average molecular weight is 435 g/mol. The lowest BCUT2D eigenvalue weighted by molar-refractivity contribution is -0.128. The molecule has 170 valence electrons. The number of carbonyl (C=O) groups excluding carboxylic acids is 1. The van der Waals surface area contributed by atoms with Crippen molar-refractivity contribution in [3.63, 3.8) is 0 Å². The minimum absolute atomic E-state index is 0.0840. The summed E-state index contributed by atoms with van der Waals surface area (Å²) >= 11 is 0. The number of hydrogen-bond acceptors (Lipinski definition) is 5. The molecule has 5 rings (SSSR count). The zero-order valence-electron chi connectivity index (χ0n) is 19.3. The summed E-state index contributed by atoms with van der Waals surface area (Å²) < 4.78 is 5.79. The number of amides is 1. The fourth-order valence-corrected chi connectivity index (χ4v) is 5.42. The Hall–Kier alpha value is -2.47. The minimum atomic E-state index is -0.149. The predicted molar refractivity (Wildman–Crippen MR) is 126 cm³/mol. The number of aromatic nitrogens is 2. The number of rotatable bonds is 4. The molecule has 3 heterocycles. The first-order valence-corrected chi connectivity index (χ1v) is 12.1. The molecule has 1 aliphatic carbocycles. The number of hydrogen-bond donors (Lipinski definition) is 1. The third-order valence-corrected chi connectivity index (χ3v) is 7.15. The first kappa shape index (κ1) is 21.4. The number of ether oxygens (including phenoxy) is 1. The number of anilines is 1. The van der Waals surface area contributed by atoms with Gasteiger partial charge in [-0.05, 0) is 58.8 Å². The van der Waals surface area contributed by atoms with Gasteiger partial charge in [-0.2, -0.15) is 0 Å². The molecular weight excluding hydrogens is 400 g/mol. The Morgan fingerprint density at radius 2 is 1.88 bits per heavy atom. The van der Waals surface area contributed by atoms with E-state index in [-0.39, 0.29) is 23.5 Å². The molecule has 1 aromatic heterocycles. The molecule has 0 unspecified atom stereocenters. The smallest absolute Gasteiger partial charge is 0.223 e. The lowest BCUT2D eigenvalue weighted by Crippen LogP contribution is -2.49. The van der Waals surface area contributed by atoms with Crippen molar-refractivity contribution < 1.29 is 9.53 Å². The second-order valence-electron chi connectivity index (χ2n) is 10.1. The molecule has 0 bridgehead atoms. The molecule has 0 spiro atoms. The second-order valence-corrected chi connectivity index (χ2v) is 10.1. The maximum Gasteiger partial charge on any atom is 0.223 e. The van der Waals surface area contributed by atoms with E-state index < -0.39 is 0 Å². The predicted octanol–water partition coefficient (Wildman–Crippen LogP) is 3.92. The third-order valence-electron chi connectivity index (χ3n) is 7.15. The second kappa shape index (κ2) is 8.81. The standard InChI is InChI=1S/C26H34N4O2/c1-26(2)17-20(13-16-32-26)27-25(31)19-11-14-30(15-12-19)24-21-9-6-10-22(21)28-23(29-24)18-7-4-3-5-8-18/h3-5,7-8,19-20H,6,9-17H2,1-2H3,(H,27,31)/t20-/m0/s1. The molecule has 2 aromatic rings. The SMILES string of the molecule is CC1(C)C[C@@H](NC(=O)C2CCN(c3nc(-c4ccccc4)nc4c3CCC4)CC2)CCO1. The summed E-state index contributed by atoms with van der Waals surface area (Å²) in [5, 5.41) is 3.31. The Morgan fingerprint density at radius 1 is 1.09 bits per heavy atom. The topological polar surface area (TPSA) is 67.4 Å². The van der Waals surface area contributed by atoms with Crippen LogP contribution in [-0.2, 0) is 22.4 Å². The Labute approximate surface area is 190 Å². The van der Waals surface area contributed by atoms with Gasteiger partial charge in [0.2, 0.25) is 5.91 Å². The first-order chi connectivity index (χ1) is 15.5. The van der Waals surface area contributed by atoms with Crippen LogP contribution < -0.4 is 10.2 Å². The lowest BCUT2D eigenvalue weighted by Gasteiger charge is -2.37. The van der Waals surface area contributed by atoms with E-state index in [4.69, 9.17) is 14.7 Å². The lowest BCUT2D eigenvalue weighted by atomic mass is 9.91. The number of benzene rings is 1. The van der Waals surface area contributed by atoms with Gasteiger partial charge >= 0.3 is 0 Å². The van der Waals surface area contributed by atoms with Gasteiger partial charge in [-0.25, -0.2) is 9.97 Å². The van der Waals surface area contributed by atoms with Crippen molar-refractivity contribution in [2.75, 3.05) is 24.6 Å². The number of aryl methyl sites for hydroxylation is 1. The summed E-state index contributed by atoms with van der Waals surface area (Å²) in [5.74, 6) is 2.21. The maximum absolute atomic E-state index is 13.0. The Morgan fingerprint density at radius 3 is 2.62 bits per heavy atom. The quantitative estimate of drug-likeness (QED) is 0.790. The van der Waals surface area contributed by atoms with Crippen molar-refractivity contribution in [3.05, 3.63) is 41.6 Å². The van der Waals surface area contributed by atoms with E-state index >= 15 is 0 Å². The normalized spacial score (nSPS) is 23.1. The summed E-state index contributed by atoms with van der Waals surface area (Å²) in [4.78, 5) is 25.2. The number of nitrogens with one attached hydrogen (secondary N) is 1. The highest BCUT2D eigenvalue weighted by molar-refractivity contribution is 5.79. The highest BCUT2D eigenvalue weighted by Crippen LogP contribution is 2.33. The summed E-state index contributed by atoms with van der Waals surface area (Å²) in [7, 11) is 0. The van der Waals surface area contributed by atoms with Crippen LogP contribution in [0.1, 0.15) is 57.2 Å². The zero-order valence-corrected chi connectivity index (χ0v) is 19.3. The van der Waals surface area contributed by atoms with Crippen molar-refractivity contribution >= 4 is 11.7 Å². The Balaban J connectivity index is 1.26. The molecule has 2 saturated heterocycles. The van der Waals surface area contributed by atoms with E-state index in [0.717, 1.165) is 81.8 Å². The fraction of sp³-hybridized carbons (Fsp3) is 0.577. The molecular formula is C26H34N4O2. The van der Waals surface area contributed by atoms with E-state index in [0.29, 0.717) is 0 Å². The average Bonchev–Trinajstić information content (AvgIpc) is 3.27. The van der Waals surface area contributed by atoms with E-state index in [2.05, 4.69) is 36.2 Å². The van der Waals surface area contributed by atoms with Gasteiger partial charge in [0.15, 0.2) is 5.82 Å². The molecule has 0 saturated carbocycles. The van der Waals surface area contributed by atoms with Crippen LogP contribution in [-0.4, -0.2) is 47.2 Å². The number of carbonyl (C=O) groups is 1. The molecule has 6 nitrogen and oxygen atoms in total. The van der Waals surface area contributed by atoms with E-state index in [1.54, 1.807) is 0 Å². The van der Waals surface area contributed by atoms with Gasteiger partial charge in [-0.1, -0.05) is 30.3 Å². The highest BCUT2D eigenvalue weighted by Gasteiger charge is 2.33. The minimum Gasteiger partial charge on any atom is -0.375 e. The van der Waals surface area contributed by atoms with Crippen molar-refractivity contribution in [1.29, 1.82) is 0 Å². The zero-order chi connectivity index (χ0) is 22.1. The van der Waals surface area contributed by atoms with E-state index in [1.165, 1.54) is 11.3 Å². The molecule has 1 atom stereocenters. The summed E-state index contributed by atoms with van der Waals surface area (Å²) in [6.45, 7) is 6.67. The van der Waals surface area contributed by atoms with Gasteiger partial charge < -0.3 is 15.0 Å². The Bertz CT molecular complexity index is 967. The number of nitrogens with zero attached hydrogens (tertiary/aromatic N) is 3. The van der Waals surface area contributed by atoms with Crippen LogP contribution >= 0.6 is 0 Å². The van der Waals surface area contributed by atoms with Crippen LogP contribution in [0.15, 0.2) is 30.3 Å². The van der Waals surface area contributed by atoms with Gasteiger partial charge in [-0.3, -0.25) is 4.79 Å². The van der Waals surface area contributed by atoms with Crippen molar-refractivity contribution in [1.82, 2.24) is 15.3 Å². The maximum atomic E-state index is 13.0. The van der Waals surface area contributed by atoms with Crippen LogP contribution in [0.25, 0.3) is 11.4 Å². The summed E-state index contributed by atoms with van der Waals surface area (Å²) in [5.41, 5.74) is 3.44. The van der Waals surface area contributed by atoms with E-state index in [1.807, 2.05) is 18.2 Å². The van der Waals surface area contributed by atoms with Gasteiger partial charge in [-0.15, -0.1) is 0 Å². The van der Waals surface area contributed by atoms with E-state index in [9.17, 15) is 4.79 Å². The molecule has 2 fully saturated rings. The van der Waals surface area contributed by atoms with Crippen LogP contribution in [0.5, 0.6) is 0 Å². The molecule has 1 N–H and O–H groups in total. The van der Waals surface area contributed by atoms with Gasteiger partial charge in [0, 0.05) is 48.5 Å². The number of piperidine rings is 1. The van der Waals surface area contributed by atoms with Crippen LogP contribution in [0, 0.1) is 5.92 Å². The summed E-state index contributed by atoms with van der Waals surface area (Å²) in [6.07, 6.45) is 6.77. The summed E-state index contributed by atoms with van der Waals surface area (Å²) in [6, 6.07) is 10.5. The first-order valence-electron chi connectivity index (χ1n) is 12.1. The van der Waals surface area contributed by atoms with Crippen molar-refractivity contribution in [2.24, 2.45) is 5.92 Å². The monoisotopic (exact) mass is 434 g/mol. The van der Waals surface area contributed by atoms with Crippen molar-refractivity contribution in [2.45, 2.75) is 70.4 Å². The van der Waals surface area contributed by atoms with Crippen LogP contribution in [0.2, 0.25) is 0 Å². The molecule has 6 heteroatoms. The molecule has 2 aliphatic heterocycles. The molecule has 32 heavy (non-hydrogen) atoms. The van der Waals surface area contributed by atoms with Crippen molar-refractivity contribution in [3.8, 4) is 11.4 Å². The third kappa shape index (κ3) is 4.51. The van der Waals surface area contributed by atoms with Gasteiger partial charge in [0.05, 0.1) is 5.60 Å². The van der Waals surface area contributed by atoms with Crippen LogP contribution in [0.3, 0.4) is 0 Å². The fourth-order valence-electron chi connectivity index (χ4n) is 5.42. The molecule has 1 aromatic carbocycles. The largest absolute Gasteiger partial charge is 0.375 e. The number of fused-ring (bicyclic) bond motifs is 1. The molecule has 3 aliphatic rings. The Kier molecular flexibility index (Phi) is 5.89. The molecule has 1 amide bonds. The highest BCUT2D eigenvalue weighted by atomic mass is 16.5. The molecule has 0 radical (unpaired) electrons.